The summed E-state index contributed by atoms with van der Waals surface area (Å²) in [6.45, 7) is 9.44. The van der Waals surface area contributed by atoms with Crippen molar-refractivity contribution in [1.29, 1.82) is 0 Å². The second-order valence-corrected chi connectivity index (χ2v) is 5.65. The number of hydrogen-bond donors (Lipinski definition) is 1. The number of nitrogen functional groups attached to an aromatic ring is 1. The number of ether oxygens (including phenoxy) is 1. The van der Waals surface area contributed by atoms with E-state index >= 15 is 0 Å². The van der Waals surface area contributed by atoms with E-state index in [2.05, 4.69) is 20.9 Å². The minimum absolute atomic E-state index is 0.0158. The van der Waals surface area contributed by atoms with Gasteiger partial charge in [0.2, 0.25) is 0 Å². The van der Waals surface area contributed by atoms with Crippen LogP contribution in [-0.4, -0.2) is 24.3 Å². The average molecular weight is 343 g/mol. The van der Waals surface area contributed by atoms with Crippen LogP contribution < -0.4 is 5.73 Å². The summed E-state index contributed by atoms with van der Waals surface area (Å²) >= 11 is 3.38. The van der Waals surface area contributed by atoms with E-state index in [1.54, 1.807) is 12.3 Å². The van der Waals surface area contributed by atoms with Gasteiger partial charge in [-0.3, -0.25) is 9.79 Å². The number of aliphatic imine (C=N–C) groups is 1. The summed E-state index contributed by atoms with van der Waals surface area (Å²) < 4.78 is 5.98. The highest BCUT2D eigenvalue weighted by Crippen LogP contribution is 2.20. The number of anilines is 1. The van der Waals surface area contributed by atoms with Crippen LogP contribution in [0.15, 0.2) is 27.7 Å². The van der Waals surface area contributed by atoms with E-state index in [0.29, 0.717) is 5.69 Å². The van der Waals surface area contributed by atoms with Gasteiger partial charge in [0.25, 0.3) is 0 Å². The third-order valence-electron chi connectivity index (χ3n) is 1.95. The number of carbonyl (C=O) groups is 1. The largest absolute Gasteiger partial charge is 0.459 e. The Labute approximate surface area is 129 Å². The molecule has 0 fully saturated rings. The first-order chi connectivity index (χ1) is 9.29. The zero-order valence-electron chi connectivity index (χ0n) is 12.7. The molecule has 4 nitrogen and oxygen atoms in total. The van der Waals surface area contributed by atoms with Gasteiger partial charge in [-0.25, -0.2) is 0 Å². The number of nitrogens with two attached hydrogens (primary N) is 1. The molecule has 0 aromatic heterocycles. The predicted octanol–water partition coefficient (Wildman–Crippen LogP) is 3.82. The lowest BCUT2D eigenvalue weighted by atomic mass is 10.2. The van der Waals surface area contributed by atoms with Gasteiger partial charge < -0.3 is 10.5 Å². The van der Waals surface area contributed by atoms with Gasteiger partial charge in [0, 0.05) is 21.9 Å². The lowest BCUT2D eigenvalue weighted by Crippen LogP contribution is -2.25. The number of hydrogen-bond acceptors (Lipinski definition) is 4. The number of nitrogens with zero attached hydrogens (tertiary/aromatic N) is 1. The fourth-order valence-corrected chi connectivity index (χ4v) is 1.76. The second-order valence-electron chi connectivity index (χ2n) is 4.80. The van der Waals surface area contributed by atoms with Crippen molar-refractivity contribution in [3.63, 3.8) is 0 Å². The third-order valence-corrected chi connectivity index (χ3v) is 2.64. The Morgan fingerprint density at radius 3 is 2.50 bits per heavy atom. The molecule has 5 heteroatoms. The first-order valence-corrected chi connectivity index (χ1v) is 7.34. The summed E-state index contributed by atoms with van der Waals surface area (Å²) in [5.41, 5.74) is 6.69. The summed E-state index contributed by atoms with van der Waals surface area (Å²) in [5, 5.41) is 0. The van der Waals surface area contributed by atoms with Gasteiger partial charge in [-0.15, -0.1) is 0 Å². The molecule has 0 saturated carbocycles. The number of halogens is 1. The monoisotopic (exact) mass is 342 g/mol. The summed E-state index contributed by atoms with van der Waals surface area (Å²) in [6.07, 6.45) is 1.57. The molecule has 0 radical (unpaired) electrons. The van der Waals surface area contributed by atoms with Crippen molar-refractivity contribution in [2.45, 2.75) is 40.2 Å². The normalized spacial score (nSPS) is 10.9. The Morgan fingerprint density at radius 2 is 2.00 bits per heavy atom. The average Bonchev–Trinajstić information content (AvgIpc) is 2.33. The van der Waals surface area contributed by atoms with Crippen LogP contribution in [0.4, 0.5) is 5.69 Å². The molecular formula is C15H23BrN2O2. The van der Waals surface area contributed by atoms with Crippen molar-refractivity contribution >= 4 is 33.8 Å². The van der Waals surface area contributed by atoms with E-state index in [4.69, 9.17) is 10.5 Å². The van der Waals surface area contributed by atoms with Gasteiger partial charge in [0.05, 0.1) is 0 Å². The smallest absolute Gasteiger partial charge is 0.328 e. The van der Waals surface area contributed by atoms with Crippen LogP contribution in [0, 0.1) is 0 Å². The van der Waals surface area contributed by atoms with Gasteiger partial charge in [-0.2, -0.15) is 0 Å². The van der Waals surface area contributed by atoms with Gasteiger partial charge in [0.15, 0.2) is 0 Å². The fourth-order valence-electron chi connectivity index (χ4n) is 1.28. The first kappa shape index (κ1) is 18.6. The lowest BCUT2D eigenvalue weighted by Gasteiger charge is -2.18. The van der Waals surface area contributed by atoms with Crippen LogP contribution in [0.3, 0.4) is 0 Å². The van der Waals surface area contributed by atoms with E-state index in [0.717, 1.165) is 10.0 Å². The molecule has 1 rings (SSSR count). The van der Waals surface area contributed by atoms with E-state index in [1.807, 2.05) is 46.8 Å². The molecule has 0 heterocycles. The maximum absolute atomic E-state index is 11.4. The summed E-state index contributed by atoms with van der Waals surface area (Å²) in [7, 11) is 0. The number of esters is 1. The zero-order valence-corrected chi connectivity index (χ0v) is 14.3. The fraction of sp³-hybridized carbons (Fsp3) is 0.467. The first-order valence-electron chi connectivity index (χ1n) is 6.55. The van der Waals surface area contributed by atoms with E-state index < -0.39 is 5.60 Å². The highest BCUT2D eigenvalue weighted by molar-refractivity contribution is 9.10. The van der Waals surface area contributed by atoms with E-state index in [-0.39, 0.29) is 12.5 Å². The Balaban J connectivity index is 0.00000172. The number of rotatable bonds is 3. The highest BCUT2D eigenvalue weighted by Gasteiger charge is 2.15. The van der Waals surface area contributed by atoms with Crippen LogP contribution >= 0.6 is 15.9 Å². The highest BCUT2D eigenvalue weighted by atomic mass is 79.9. The number of carbonyl (C=O) groups excluding carboxylic acids is 1. The number of benzene rings is 1. The summed E-state index contributed by atoms with van der Waals surface area (Å²) in [4.78, 5) is 15.5. The standard InChI is InChI=1S/C13H17BrN2O2.C2H6/c1-13(2,3)18-12(17)8-16-7-9-10(14)5-4-6-11(9)15;1-2/h4-7H,8,15H2,1-3H3;1-2H3. The molecule has 0 amide bonds. The Kier molecular flexibility index (Phi) is 8.15. The SMILES string of the molecule is CC.CC(C)(C)OC(=O)CN=Cc1c(N)cccc1Br. The third kappa shape index (κ3) is 7.28. The van der Waals surface area contributed by atoms with Crippen LogP contribution in [-0.2, 0) is 9.53 Å². The molecule has 0 spiro atoms. The molecule has 0 bridgehead atoms. The van der Waals surface area contributed by atoms with Gasteiger partial charge in [-0.1, -0.05) is 35.8 Å². The Hall–Kier alpha value is -1.36. The van der Waals surface area contributed by atoms with E-state index in [1.165, 1.54) is 0 Å². The minimum atomic E-state index is -0.487. The van der Waals surface area contributed by atoms with Crippen LogP contribution in [0.2, 0.25) is 0 Å². The van der Waals surface area contributed by atoms with Crippen LogP contribution in [0.1, 0.15) is 40.2 Å². The molecular weight excluding hydrogens is 320 g/mol. The van der Waals surface area contributed by atoms with Crippen molar-refractivity contribution in [3.8, 4) is 0 Å². The predicted molar refractivity (Wildman–Crippen MR) is 88.2 cm³/mol. The Bertz CT molecular complexity index is 445. The lowest BCUT2D eigenvalue weighted by molar-refractivity contribution is -0.152. The molecule has 0 atom stereocenters. The van der Waals surface area contributed by atoms with Gasteiger partial charge >= 0.3 is 5.97 Å². The van der Waals surface area contributed by atoms with Crippen molar-refractivity contribution in [2.24, 2.45) is 4.99 Å². The summed E-state index contributed by atoms with van der Waals surface area (Å²) in [5.74, 6) is -0.357. The molecule has 20 heavy (non-hydrogen) atoms. The van der Waals surface area contributed by atoms with Crippen molar-refractivity contribution in [1.82, 2.24) is 0 Å². The zero-order chi connectivity index (χ0) is 15.8. The van der Waals surface area contributed by atoms with Crippen LogP contribution in [0.5, 0.6) is 0 Å². The van der Waals surface area contributed by atoms with Crippen molar-refractivity contribution in [3.05, 3.63) is 28.2 Å². The topological polar surface area (TPSA) is 64.7 Å². The maximum Gasteiger partial charge on any atom is 0.328 e. The molecule has 0 saturated heterocycles. The molecule has 1 aromatic rings. The van der Waals surface area contributed by atoms with Gasteiger partial charge in [-0.05, 0) is 32.9 Å². The second kappa shape index (κ2) is 8.74. The van der Waals surface area contributed by atoms with Crippen molar-refractivity contribution < 1.29 is 9.53 Å². The molecule has 0 aliphatic heterocycles. The molecule has 0 unspecified atom stereocenters. The van der Waals surface area contributed by atoms with Crippen LogP contribution in [0.25, 0.3) is 0 Å². The molecule has 0 aliphatic carbocycles. The molecule has 1 aromatic carbocycles. The maximum atomic E-state index is 11.4. The van der Waals surface area contributed by atoms with Gasteiger partial charge in [0.1, 0.15) is 12.1 Å². The molecule has 112 valence electrons. The molecule has 2 N–H and O–H groups in total. The molecule has 0 aliphatic rings. The van der Waals surface area contributed by atoms with Crippen molar-refractivity contribution in [2.75, 3.05) is 12.3 Å². The Morgan fingerprint density at radius 1 is 1.40 bits per heavy atom. The minimum Gasteiger partial charge on any atom is -0.459 e. The van der Waals surface area contributed by atoms with E-state index in [9.17, 15) is 4.79 Å². The quantitative estimate of drug-likeness (QED) is 0.515. The summed E-state index contributed by atoms with van der Waals surface area (Å²) in [6, 6.07) is 5.48.